The average molecular weight is 548 g/mol. The molecule has 202 valence electrons. The number of hydrogen-bond acceptors (Lipinski definition) is 1. The van der Waals surface area contributed by atoms with Gasteiger partial charge in [0.2, 0.25) is 0 Å². The Morgan fingerprint density at radius 2 is 0.907 bits per heavy atom. The average Bonchev–Trinajstić information content (AvgIpc) is 3.07. The minimum Gasteiger partial charge on any atom is -0.264 e. The van der Waals surface area contributed by atoms with E-state index in [1.54, 1.807) is 0 Å². The lowest BCUT2D eigenvalue weighted by molar-refractivity contribution is 1.27. The Labute approximate surface area is 251 Å². The van der Waals surface area contributed by atoms with Crippen LogP contribution in [0.5, 0.6) is 0 Å². The molecule has 0 bridgehead atoms. The van der Waals surface area contributed by atoms with Crippen LogP contribution in [0.4, 0.5) is 0 Å². The minimum atomic E-state index is 1.19. The third-order valence-corrected chi connectivity index (χ3v) is 8.67. The highest BCUT2D eigenvalue weighted by atomic mass is 14.6. The van der Waals surface area contributed by atoms with Crippen molar-refractivity contribution in [3.63, 3.8) is 0 Å². The number of rotatable bonds is 4. The SMILES string of the molecule is Cc1cnccc1-c1ccc(-c2ccc3ccc(-c4c5ccccc5c(-c5ccccc5)c5ccccc45)cc3c2)cc1. The van der Waals surface area contributed by atoms with Gasteiger partial charge in [0.25, 0.3) is 0 Å². The van der Waals surface area contributed by atoms with Gasteiger partial charge in [-0.1, -0.05) is 127 Å². The van der Waals surface area contributed by atoms with Gasteiger partial charge < -0.3 is 0 Å². The standard InChI is InChI=1S/C42H29N/c1-28-27-43-24-23-36(28)31-19-15-29(16-20-31)33-21-17-30-18-22-34(26-35(30)25-33)42-39-13-7-5-11-37(39)41(32-9-3-2-4-10-32)38-12-6-8-14-40(38)42/h2-27H,1H3. The zero-order valence-corrected chi connectivity index (χ0v) is 24.0. The van der Waals surface area contributed by atoms with Crippen LogP contribution in [-0.2, 0) is 0 Å². The Kier molecular flexibility index (Phi) is 6.09. The fraction of sp³-hybridized carbons (Fsp3) is 0.0238. The van der Waals surface area contributed by atoms with Crippen LogP contribution in [0.2, 0.25) is 0 Å². The van der Waals surface area contributed by atoms with Crippen molar-refractivity contribution >= 4 is 32.3 Å². The summed E-state index contributed by atoms with van der Waals surface area (Å²) in [5, 5.41) is 7.59. The maximum atomic E-state index is 4.24. The zero-order valence-electron chi connectivity index (χ0n) is 24.0. The normalized spacial score (nSPS) is 11.4. The van der Waals surface area contributed by atoms with Gasteiger partial charge in [-0.3, -0.25) is 4.98 Å². The Morgan fingerprint density at radius 1 is 0.395 bits per heavy atom. The molecule has 8 aromatic rings. The molecule has 0 saturated carbocycles. The van der Waals surface area contributed by atoms with Gasteiger partial charge in [-0.15, -0.1) is 0 Å². The minimum absolute atomic E-state index is 1.19. The van der Waals surface area contributed by atoms with Crippen LogP contribution in [0.25, 0.3) is 76.8 Å². The first-order valence-electron chi connectivity index (χ1n) is 14.8. The van der Waals surface area contributed by atoms with Gasteiger partial charge in [-0.25, -0.2) is 0 Å². The monoisotopic (exact) mass is 547 g/mol. The second-order valence-electron chi connectivity index (χ2n) is 11.3. The van der Waals surface area contributed by atoms with E-state index in [1.165, 1.54) is 82.4 Å². The van der Waals surface area contributed by atoms with Crippen LogP contribution in [0.3, 0.4) is 0 Å². The number of nitrogens with zero attached hydrogens (tertiary/aromatic N) is 1. The smallest absolute Gasteiger partial charge is 0.0303 e. The molecule has 0 radical (unpaired) electrons. The Bertz CT molecular complexity index is 2220. The summed E-state index contributed by atoms with van der Waals surface area (Å²) < 4.78 is 0. The quantitative estimate of drug-likeness (QED) is 0.200. The molecule has 0 atom stereocenters. The van der Waals surface area contributed by atoms with Gasteiger partial charge in [0.15, 0.2) is 0 Å². The molecule has 1 heteroatoms. The second-order valence-corrected chi connectivity index (χ2v) is 11.3. The molecule has 7 aromatic carbocycles. The number of benzene rings is 7. The molecule has 0 aliphatic heterocycles. The molecule has 1 nitrogen and oxygen atoms in total. The lowest BCUT2D eigenvalue weighted by atomic mass is 9.85. The summed E-state index contributed by atoms with van der Waals surface area (Å²) in [6.45, 7) is 2.11. The predicted octanol–water partition coefficient (Wildman–Crippen LogP) is 11.5. The van der Waals surface area contributed by atoms with Crippen molar-refractivity contribution in [2.24, 2.45) is 0 Å². The summed E-state index contributed by atoms with van der Waals surface area (Å²) in [6.07, 6.45) is 3.78. The highest BCUT2D eigenvalue weighted by Crippen LogP contribution is 2.44. The highest BCUT2D eigenvalue weighted by Gasteiger charge is 2.16. The van der Waals surface area contributed by atoms with E-state index in [0.717, 1.165) is 0 Å². The highest BCUT2D eigenvalue weighted by molar-refractivity contribution is 6.21. The summed E-state index contributed by atoms with van der Waals surface area (Å²) in [5.41, 5.74) is 11.1. The van der Waals surface area contributed by atoms with Crippen molar-refractivity contribution in [2.45, 2.75) is 6.92 Å². The molecule has 0 spiro atoms. The first kappa shape index (κ1) is 25.2. The molecule has 0 aliphatic rings. The van der Waals surface area contributed by atoms with Crippen LogP contribution in [0, 0.1) is 6.92 Å². The van der Waals surface area contributed by atoms with Gasteiger partial charge in [0.05, 0.1) is 0 Å². The van der Waals surface area contributed by atoms with E-state index in [2.05, 4.69) is 158 Å². The summed E-state index contributed by atoms with van der Waals surface area (Å²) in [7, 11) is 0. The topological polar surface area (TPSA) is 12.9 Å². The molecule has 8 rings (SSSR count). The van der Waals surface area contributed by atoms with Crippen LogP contribution >= 0.6 is 0 Å². The van der Waals surface area contributed by atoms with Gasteiger partial charge >= 0.3 is 0 Å². The molecular formula is C42H29N. The fourth-order valence-corrected chi connectivity index (χ4v) is 6.58. The molecule has 0 saturated heterocycles. The van der Waals surface area contributed by atoms with Crippen molar-refractivity contribution in [2.75, 3.05) is 0 Å². The fourth-order valence-electron chi connectivity index (χ4n) is 6.58. The van der Waals surface area contributed by atoms with Crippen LogP contribution < -0.4 is 0 Å². The maximum Gasteiger partial charge on any atom is 0.0303 e. The van der Waals surface area contributed by atoms with Crippen molar-refractivity contribution < 1.29 is 0 Å². The number of aryl methyl sites for hydroxylation is 1. The zero-order chi connectivity index (χ0) is 28.8. The first-order chi connectivity index (χ1) is 21.2. The lowest BCUT2D eigenvalue weighted by Crippen LogP contribution is -1.91. The molecule has 0 N–H and O–H groups in total. The number of aromatic nitrogens is 1. The van der Waals surface area contributed by atoms with Crippen molar-refractivity contribution in [1.82, 2.24) is 4.98 Å². The number of pyridine rings is 1. The maximum absolute atomic E-state index is 4.24. The second kappa shape index (κ2) is 10.4. The Balaban J connectivity index is 1.28. The Hall–Kier alpha value is -5.53. The summed E-state index contributed by atoms with van der Waals surface area (Å²) >= 11 is 0. The number of fused-ring (bicyclic) bond motifs is 3. The van der Waals surface area contributed by atoms with E-state index in [-0.39, 0.29) is 0 Å². The molecule has 0 amide bonds. The molecule has 0 fully saturated rings. The third kappa shape index (κ3) is 4.38. The Morgan fingerprint density at radius 3 is 1.53 bits per heavy atom. The van der Waals surface area contributed by atoms with E-state index < -0.39 is 0 Å². The van der Waals surface area contributed by atoms with Gasteiger partial charge in [0.1, 0.15) is 0 Å². The summed E-state index contributed by atoms with van der Waals surface area (Å²) in [5.74, 6) is 0. The van der Waals surface area contributed by atoms with Crippen molar-refractivity contribution in [3.05, 3.63) is 164 Å². The predicted molar refractivity (Wildman–Crippen MR) is 183 cm³/mol. The van der Waals surface area contributed by atoms with E-state index in [1.807, 2.05) is 12.4 Å². The van der Waals surface area contributed by atoms with E-state index in [9.17, 15) is 0 Å². The molecule has 1 aromatic heterocycles. The van der Waals surface area contributed by atoms with Crippen LogP contribution in [0.1, 0.15) is 5.56 Å². The molecule has 43 heavy (non-hydrogen) atoms. The molecule has 1 heterocycles. The largest absolute Gasteiger partial charge is 0.264 e. The molecule has 0 unspecified atom stereocenters. The molecular weight excluding hydrogens is 518 g/mol. The first-order valence-corrected chi connectivity index (χ1v) is 14.8. The van der Waals surface area contributed by atoms with E-state index in [4.69, 9.17) is 0 Å². The molecule has 0 aliphatic carbocycles. The van der Waals surface area contributed by atoms with Gasteiger partial charge in [-0.2, -0.15) is 0 Å². The van der Waals surface area contributed by atoms with Crippen LogP contribution in [-0.4, -0.2) is 4.98 Å². The number of hydrogen-bond donors (Lipinski definition) is 0. The summed E-state index contributed by atoms with van der Waals surface area (Å²) in [6, 6.07) is 53.2. The van der Waals surface area contributed by atoms with Gasteiger partial charge in [0, 0.05) is 12.4 Å². The van der Waals surface area contributed by atoms with E-state index >= 15 is 0 Å². The van der Waals surface area contributed by atoms with Gasteiger partial charge in [-0.05, 0) is 108 Å². The van der Waals surface area contributed by atoms with Crippen LogP contribution in [0.15, 0.2) is 158 Å². The van der Waals surface area contributed by atoms with Crippen molar-refractivity contribution in [3.8, 4) is 44.5 Å². The van der Waals surface area contributed by atoms with E-state index in [0.29, 0.717) is 0 Å². The summed E-state index contributed by atoms with van der Waals surface area (Å²) in [4.78, 5) is 4.24. The lowest BCUT2D eigenvalue weighted by Gasteiger charge is -2.18. The third-order valence-electron chi connectivity index (χ3n) is 8.67. The van der Waals surface area contributed by atoms with Crippen molar-refractivity contribution in [1.29, 1.82) is 0 Å².